The van der Waals surface area contributed by atoms with Gasteiger partial charge in [-0.2, -0.15) is 0 Å². The van der Waals surface area contributed by atoms with Crippen LogP contribution in [-0.4, -0.2) is 25.8 Å². The Morgan fingerprint density at radius 1 is 1.38 bits per heavy atom. The summed E-state index contributed by atoms with van der Waals surface area (Å²) in [6.45, 7) is 5.50. The van der Waals surface area contributed by atoms with Crippen molar-refractivity contribution < 1.29 is 4.74 Å². The molecule has 2 nitrogen and oxygen atoms in total. The highest BCUT2D eigenvalue weighted by atomic mass is 16.5. The summed E-state index contributed by atoms with van der Waals surface area (Å²) in [5.41, 5.74) is 0. The first-order chi connectivity index (χ1) is 6.36. The van der Waals surface area contributed by atoms with Crippen LogP contribution in [0.4, 0.5) is 0 Å². The molecule has 2 atom stereocenters. The van der Waals surface area contributed by atoms with Crippen LogP contribution >= 0.6 is 0 Å². The van der Waals surface area contributed by atoms with Crippen LogP contribution in [0.5, 0.6) is 0 Å². The van der Waals surface area contributed by atoms with Crippen LogP contribution < -0.4 is 5.32 Å². The summed E-state index contributed by atoms with van der Waals surface area (Å²) in [6.07, 6.45) is 5.47. The lowest BCUT2D eigenvalue weighted by Crippen LogP contribution is -2.29. The molecule has 0 bridgehead atoms. The predicted octanol–water partition coefficient (Wildman–Crippen LogP) is 1.80. The normalized spacial score (nSPS) is 30.7. The maximum absolute atomic E-state index is 5.35. The molecule has 0 aromatic heterocycles. The van der Waals surface area contributed by atoms with E-state index in [0.29, 0.717) is 0 Å². The zero-order valence-electron chi connectivity index (χ0n) is 8.59. The zero-order chi connectivity index (χ0) is 9.10. The van der Waals surface area contributed by atoms with Crippen LogP contribution in [-0.2, 0) is 4.74 Å². The van der Waals surface area contributed by atoms with Crippen LogP contribution in [0.2, 0.25) is 0 Å². The highest BCUT2D eigenvalue weighted by Gasteiger charge is 2.27. The molecule has 1 N–H and O–H groups in total. The van der Waals surface area contributed by atoms with Crippen molar-refractivity contribution in [2.45, 2.75) is 38.6 Å². The summed E-state index contributed by atoms with van der Waals surface area (Å²) in [5.74, 6) is 1.82. The van der Waals surface area contributed by atoms with Crippen LogP contribution in [0, 0.1) is 11.8 Å². The summed E-state index contributed by atoms with van der Waals surface area (Å²) in [4.78, 5) is 0. The van der Waals surface area contributed by atoms with E-state index in [1.54, 1.807) is 0 Å². The molecule has 0 radical (unpaired) electrons. The molecule has 2 fully saturated rings. The third kappa shape index (κ3) is 2.96. The Bertz CT molecular complexity index is 148. The second-order valence-electron chi connectivity index (χ2n) is 4.60. The van der Waals surface area contributed by atoms with Crippen molar-refractivity contribution in [1.29, 1.82) is 0 Å². The van der Waals surface area contributed by atoms with E-state index in [1.807, 2.05) is 0 Å². The Hall–Kier alpha value is -0.0800. The molecular weight excluding hydrogens is 162 g/mol. The first kappa shape index (κ1) is 9.47. The van der Waals surface area contributed by atoms with E-state index in [9.17, 15) is 0 Å². The number of rotatable bonds is 5. The molecule has 2 unspecified atom stereocenters. The zero-order valence-corrected chi connectivity index (χ0v) is 8.59. The maximum Gasteiger partial charge on any atom is 0.0495 e. The second-order valence-corrected chi connectivity index (χ2v) is 4.60. The fourth-order valence-electron chi connectivity index (χ4n) is 2.09. The molecule has 1 saturated carbocycles. The van der Waals surface area contributed by atoms with Gasteiger partial charge in [0.05, 0.1) is 0 Å². The van der Waals surface area contributed by atoms with Gasteiger partial charge in [0.25, 0.3) is 0 Å². The van der Waals surface area contributed by atoms with E-state index in [-0.39, 0.29) is 0 Å². The van der Waals surface area contributed by atoms with E-state index in [0.717, 1.165) is 31.1 Å². The molecule has 1 saturated heterocycles. The molecule has 0 spiro atoms. The smallest absolute Gasteiger partial charge is 0.0495 e. The summed E-state index contributed by atoms with van der Waals surface area (Å²) in [5, 5.41) is 3.62. The van der Waals surface area contributed by atoms with E-state index in [1.165, 1.54) is 32.2 Å². The summed E-state index contributed by atoms with van der Waals surface area (Å²) >= 11 is 0. The highest BCUT2D eigenvalue weighted by molar-refractivity contribution is 4.83. The van der Waals surface area contributed by atoms with Crippen molar-refractivity contribution >= 4 is 0 Å². The van der Waals surface area contributed by atoms with Gasteiger partial charge in [0.15, 0.2) is 0 Å². The van der Waals surface area contributed by atoms with Crippen LogP contribution in [0.15, 0.2) is 0 Å². The number of nitrogens with one attached hydrogen (secondary N) is 1. The van der Waals surface area contributed by atoms with Crippen molar-refractivity contribution in [3.63, 3.8) is 0 Å². The molecule has 76 valence electrons. The number of hydrogen-bond acceptors (Lipinski definition) is 2. The molecule has 0 aromatic carbocycles. The highest BCUT2D eigenvalue weighted by Crippen LogP contribution is 2.32. The topological polar surface area (TPSA) is 21.3 Å². The average Bonchev–Trinajstić information content (AvgIpc) is 2.86. The van der Waals surface area contributed by atoms with Crippen molar-refractivity contribution in [1.82, 2.24) is 5.32 Å². The minimum absolute atomic E-state index is 0.752. The third-order valence-electron chi connectivity index (χ3n) is 3.37. The number of ether oxygens (including phenoxy) is 1. The predicted molar refractivity (Wildman–Crippen MR) is 53.7 cm³/mol. The lowest BCUT2D eigenvalue weighted by Gasteiger charge is -2.14. The molecule has 2 aliphatic rings. The van der Waals surface area contributed by atoms with Gasteiger partial charge < -0.3 is 10.1 Å². The fourth-order valence-corrected chi connectivity index (χ4v) is 2.09. The Morgan fingerprint density at radius 3 is 2.85 bits per heavy atom. The van der Waals surface area contributed by atoms with Crippen LogP contribution in [0.3, 0.4) is 0 Å². The summed E-state index contributed by atoms with van der Waals surface area (Å²) < 4.78 is 5.35. The van der Waals surface area contributed by atoms with Gasteiger partial charge in [0.2, 0.25) is 0 Å². The van der Waals surface area contributed by atoms with E-state index in [2.05, 4.69) is 12.2 Å². The fraction of sp³-hybridized carbons (Fsp3) is 1.00. The van der Waals surface area contributed by atoms with E-state index in [4.69, 9.17) is 4.74 Å². The van der Waals surface area contributed by atoms with Gasteiger partial charge in [0, 0.05) is 19.3 Å². The number of hydrogen-bond donors (Lipinski definition) is 1. The van der Waals surface area contributed by atoms with Gasteiger partial charge in [-0.05, 0) is 51.0 Å². The first-order valence-corrected chi connectivity index (χ1v) is 5.67. The van der Waals surface area contributed by atoms with Crippen LogP contribution in [0.1, 0.15) is 32.6 Å². The quantitative estimate of drug-likeness (QED) is 0.702. The van der Waals surface area contributed by atoms with Gasteiger partial charge in [0.1, 0.15) is 0 Å². The average molecular weight is 183 g/mol. The Kier molecular flexibility index (Phi) is 3.23. The Balaban J connectivity index is 1.52. The van der Waals surface area contributed by atoms with Crippen molar-refractivity contribution in [2.75, 3.05) is 19.8 Å². The lowest BCUT2D eigenvalue weighted by atomic mass is 10.1. The largest absolute Gasteiger partial charge is 0.381 e. The molecular formula is C11H21NO. The van der Waals surface area contributed by atoms with E-state index >= 15 is 0 Å². The summed E-state index contributed by atoms with van der Waals surface area (Å²) in [6, 6.07) is 0.752. The first-order valence-electron chi connectivity index (χ1n) is 5.67. The molecule has 1 heterocycles. The minimum Gasteiger partial charge on any atom is -0.381 e. The Morgan fingerprint density at radius 2 is 2.23 bits per heavy atom. The third-order valence-corrected chi connectivity index (χ3v) is 3.37. The van der Waals surface area contributed by atoms with E-state index < -0.39 is 0 Å². The second kappa shape index (κ2) is 4.43. The van der Waals surface area contributed by atoms with Gasteiger partial charge in [-0.3, -0.25) is 0 Å². The lowest BCUT2D eigenvalue weighted by molar-refractivity contribution is 0.184. The molecule has 1 aliphatic heterocycles. The van der Waals surface area contributed by atoms with Crippen molar-refractivity contribution in [2.24, 2.45) is 11.8 Å². The monoisotopic (exact) mass is 183 g/mol. The molecule has 1 aliphatic carbocycles. The summed E-state index contributed by atoms with van der Waals surface area (Å²) in [7, 11) is 0. The molecule has 2 rings (SSSR count). The van der Waals surface area contributed by atoms with Gasteiger partial charge >= 0.3 is 0 Å². The maximum atomic E-state index is 5.35. The molecule has 13 heavy (non-hydrogen) atoms. The standard InChI is InChI=1S/C11H21NO/c1-9(11-2-3-11)12-6-4-10-5-7-13-8-10/h9-12H,2-8H2,1H3. The minimum atomic E-state index is 0.752. The van der Waals surface area contributed by atoms with Crippen molar-refractivity contribution in [3.05, 3.63) is 0 Å². The van der Waals surface area contributed by atoms with Gasteiger partial charge in [-0.15, -0.1) is 0 Å². The molecule has 0 amide bonds. The Labute approximate surface area is 81.0 Å². The molecule has 0 aromatic rings. The van der Waals surface area contributed by atoms with Crippen LogP contribution in [0.25, 0.3) is 0 Å². The SMILES string of the molecule is CC(NCCC1CCOC1)C1CC1. The van der Waals surface area contributed by atoms with Gasteiger partial charge in [-0.25, -0.2) is 0 Å². The van der Waals surface area contributed by atoms with Gasteiger partial charge in [-0.1, -0.05) is 0 Å². The van der Waals surface area contributed by atoms with Crippen molar-refractivity contribution in [3.8, 4) is 0 Å². The molecule has 2 heteroatoms.